The van der Waals surface area contributed by atoms with Crippen LogP contribution in [0.5, 0.6) is 0 Å². The van der Waals surface area contributed by atoms with E-state index in [0.717, 1.165) is 0 Å². The normalized spacial score (nSPS) is 9.83. The summed E-state index contributed by atoms with van der Waals surface area (Å²) in [5.74, 6) is -3.62. The molecular weight excluding hydrogens is 287 g/mol. The number of benzene rings is 1. The first-order chi connectivity index (χ1) is 7.21. The number of carbonyl (C=O) groups excluding carboxylic acids is 2. The quantitative estimate of drug-likeness (QED) is 0.333. The predicted molar refractivity (Wildman–Crippen MR) is 49.5 cm³/mol. The van der Waals surface area contributed by atoms with Crippen LogP contribution in [0, 0.1) is 6.07 Å². The number of hydrogen-bond acceptors (Lipinski definition) is 6. The molecule has 1 aromatic carbocycles. The van der Waals surface area contributed by atoms with E-state index in [1.807, 2.05) is 0 Å². The van der Waals surface area contributed by atoms with Crippen molar-refractivity contribution in [2.75, 3.05) is 0 Å². The number of carboxylic acids is 2. The minimum Gasteiger partial charge on any atom is -0.603 e. The van der Waals surface area contributed by atoms with Gasteiger partial charge in [-0.05, 0) is 5.97 Å². The van der Waals surface area contributed by atoms with Crippen LogP contribution in [0.1, 0.15) is 20.7 Å². The van der Waals surface area contributed by atoms with E-state index >= 15 is 0 Å². The second kappa shape index (κ2) is 7.43. The molecule has 0 heterocycles. The first kappa shape index (κ1) is 20.2. The molecule has 0 fully saturated rings. The Morgan fingerprint density at radius 3 is 2.00 bits per heavy atom. The Balaban J connectivity index is 0. The molecule has 0 saturated heterocycles. The van der Waals surface area contributed by atoms with Gasteiger partial charge < -0.3 is 19.8 Å². The van der Waals surface area contributed by atoms with Gasteiger partial charge in [-0.2, -0.15) is 8.42 Å². The maximum atomic E-state index is 10.7. The second-order valence-electron chi connectivity index (χ2n) is 2.70. The third-order valence-electron chi connectivity index (χ3n) is 1.58. The molecule has 1 N–H and O–H groups in total. The monoisotopic (exact) mass is 290 g/mol. The van der Waals surface area contributed by atoms with Gasteiger partial charge in [0.1, 0.15) is 0 Å². The minimum absolute atomic E-state index is 0. The fourth-order valence-corrected chi connectivity index (χ4v) is 1.42. The largest absolute Gasteiger partial charge is 2.00 e. The van der Waals surface area contributed by atoms with E-state index in [0.29, 0.717) is 12.1 Å². The van der Waals surface area contributed by atoms with Gasteiger partial charge in [0, 0.05) is 4.90 Å². The third kappa shape index (κ3) is 5.22. The number of carboxylic acid groups (broad SMARTS) is 2. The molecule has 0 aliphatic heterocycles. The van der Waals surface area contributed by atoms with E-state index in [9.17, 15) is 28.2 Å². The molecule has 1 aromatic rings. The molecule has 0 unspecified atom stereocenters. The summed E-state index contributed by atoms with van der Waals surface area (Å²) in [6, 6.07) is 2.92. The molecule has 0 amide bonds. The second-order valence-corrected chi connectivity index (χ2v) is 4.09. The van der Waals surface area contributed by atoms with Crippen LogP contribution >= 0.6 is 0 Å². The van der Waals surface area contributed by atoms with Gasteiger partial charge in [0.15, 0.2) is 0 Å². The first-order valence-electron chi connectivity index (χ1n) is 3.69. The summed E-state index contributed by atoms with van der Waals surface area (Å²) in [5.41, 5.74) is -1.53. The maximum absolute atomic E-state index is 10.7. The van der Waals surface area contributed by atoms with Gasteiger partial charge in [-0.3, -0.25) is 4.55 Å². The summed E-state index contributed by atoms with van der Waals surface area (Å²) in [4.78, 5) is 19.9. The van der Waals surface area contributed by atoms with Crippen molar-refractivity contribution in [3.05, 3.63) is 29.3 Å². The molecule has 0 bridgehead atoms. The number of carbonyl (C=O) groups is 2. The predicted octanol–water partition coefficient (Wildman–Crippen LogP) is -5.92. The molecule has 0 aromatic heterocycles. The van der Waals surface area contributed by atoms with Crippen molar-refractivity contribution in [2.24, 2.45) is 0 Å². The smallest absolute Gasteiger partial charge is 0.603 e. The molecule has 0 aliphatic carbocycles. The maximum Gasteiger partial charge on any atom is 2.00 e. The molecule has 0 saturated carbocycles. The Bertz CT molecular complexity index is 537. The van der Waals surface area contributed by atoms with Crippen LogP contribution in [-0.4, -0.2) is 48.0 Å². The van der Waals surface area contributed by atoms with Gasteiger partial charge in [-0.15, -0.1) is 23.8 Å². The Morgan fingerprint density at radius 1 is 1.17 bits per heavy atom. The zero-order valence-corrected chi connectivity index (χ0v) is 13.4. The molecule has 1 rings (SSSR count). The molecule has 0 radical (unpaired) electrons. The van der Waals surface area contributed by atoms with Crippen molar-refractivity contribution in [3.8, 4) is 0 Å². The Hall–Kier alpha value is -0.164. The van der Waals surface area contributed by atoms with E-state index < -0.39 is 38.1 Å². The minimum atomic E-state index is -4.75. The number of hydrogen-bond donors (Lipinski definition) is 1. The van der Waals surface area contributed by atoms with Crippen molar-refractivity contribution in [3.63, 3.8) is 0 Å². The Labute approximate surface area is 140 Å². The zero-order valence-electron chi connectivity index (χ0n) is 9.17. The van der Waals surface area contributed by atoms with E-state index in [1.165, 1.54) is 0 Å². The van der Waals surface area contributed by atoms with Gasteiger partial charge in [0.25, 0.3) is 10.1 Å². The van der Waals surface area contributed by atoms with Gasteiger partial charge in [0.05, 0.1) is 5.97 Å². The molecule has 18 heavy (non-hydrogen) atoms. The summed E-state index contributed by atoms with van der Waals surface area (Å²) < 4.78 is 30.0. The SMILES string of the molecule is O=C([O-])c1[c-]c(S(=O)(=O)O)cc(C(=O)[O-])c1.[Mg+2].[Na+]. The molecule has 0 spiro atoms. The van der Waals surface area contributed by atoms with Gasteiger partial charge in [-0.1, -0.05) is 5.56 Å². The topological polar surface area (TPSA) is 135 Å². The van der Waals surface area contributed by atoms with Crippen LogP contribution in [0.15, 0.2) is 17.0 Å². The molecule has 10 heteroatoms. The Morgan fingerprint density at radius 2 is 1.67 bits per heavy atom. The first-order valence-corrected chi connectivity index (χ1v) is 5.13. The van der Waals surface area contributed by atoms with Gasteiger partial charge in [-0.25, -0.2) is 0 Å². The summed E-state index contributed by atoms with van der Waals surface area (Å²) in [6.07, 6.45) is 0. The van der Waals surface area contributed by atoms with Crippen LogP contribution in [0.2, 0.25) is 0 Å². The van der Waals surface area contributed by atoms with Crippen molar-refractivity contribution in [1.29, 1.82) is 0 Å². The standard InChI is InChI=1S/C8H5O7S.Mg.Na/c9-7(10)4-1-5(8(11)12)3-6(2-4)16(13,14)15;;/h1-2H,(H,9,10)(H,11,12)(H,13,14,15);;/q-1;+2;+1/p-2. The molecule has 0 aliphatic rings. The fraction of sp³-hybridized carbons (Fsp3) is 0. The van der Waals surface area contributed by atoms with Crippen LogP contribution in [0.4, 0.5) is 0 Å². The summed E-state index contributed by atoms with van der Waals surface area (Å²) >= 11 is 0. The van der Waals surface area contributed by atoms with E-state index in [2.05, 4.69) is 0 Å². The zero-order chi connectivity index (χ0) is 12.5. The number of aromatic carboxylic acids is 2. The molecular formula is C8H3MgNaO7S. The third-order valence-corrected chi connectivity index (χ3v) is 2.35. The van der Waals surface area contributed by atoms with Gasteiger partial charge >= 0.3 is 52.6 Å². The van der Waals surface area contributed by atoms with Gasteiger partial charge in [0.2, 0.25) is 0 Å². The molecule has 7 nitrogen and oxygen atoms in total. The van der Waals surface area contributed by atoms with E-state index in [-0.39, 0.29) is 52.6 Å². The summed E-state index contributed by atoms with van der Waals surface area (Å²) in [5, 5.41) is 20.9. The van der Waals surface area contributed by atoms with Crippen LogP contribution in [0.3, 0.4) is 0 Å². The van der Waals surface area contributed by atoms with Crippen molar-refractivity contribution in [2.45, 2.75) is 4.90 Å². The number of rotatable bonds is 3. The van der Waals surface area contributed by atoms with Crippen LogP contribution in [-0.2, 0) is 10.1 Å². The van der Waals surface area contributed by atoms with E-state index in [4.69, 9.17) is 4.55 Å². The summed E-state index contributed by atoms with van der Waals surface area (Å²) in [7, 11) is -4.75. The average molecular weight is 290 g/mol. The van der Waals surface area contributed by atoms with Crippen molar-refractivity contribution < 1.29 is 62.3 Å². The Kier molecular flexibility index (Phi) is 8.32. The van der Waals surface area contributed by atoms with E-state index in [1.54, 1.807) is 6.07 Å². The van der Waals surface area contributed by atoms with Crippen molar-refractivity contribution in [1.82, 2.24) is 0 Å². The summed E-state index contributed by atoms with van der Waals surface area (Å²) in [6.45, 7) is 0. The average Bonchev–Trinajstić information content (AvgIpc) is 2.15. The van der Waals surface area contributed by atoms with Crippen LogP contribution in [0.25, 0.3) is 0 Å². The molecule has 0 atom stereocenters. The van der Waals surface area contributed by atoms with Crippen molar-refractivity contribution >= 4 is 45.1 Å². The van der Waals surface area contributed by atoms with Crippen LogP contribution < -0.4 is 39.8 Å². The molecule has 86 valence electrons. The fourth-order valence-electron chi connectivity index (χ4n) is 0.910.